The Bertz CT molecular complexity index is 2260. The van der Waals surface area contributed by atoms with Gasteiger partial charge in [0.05, 0.1) is 40.4 Å². The third-order valence-electron chi connectivity index (χ3n) is 10.1. The van der Waals surface area contributed by atoms with E-state index in [9.17, 15) is 29.2 Å². The number of carbonyl (C=O) groups is 5. The average Bonchev–Trinajstić information content (AvgIpc) is 3.70. The van der Waals surface area contributed by atoms with Crippen molar-refractivity contribution in [3.8, 4) is 17.9 Å². The minimum Gasteiger partial charge on any atom is -0.381 e. The molecule has 3 saturated heterocycles. The van der Waals surface area contributed by atoms with Crippen LogP contribution in [0.5, 0.6) is 0 Å². The number of hydrogen-bond donors (Lipinski definition) is 2. The van der Waals surface area contributed by atoms with Crippen molar-refractivity contribution < 1.29 is 28.7 Å². The number of nitriles is 1. The van der Waals surface area contributed by atoms with Gasteiger partial charge in [0.1, 0.15) is 11.6 Å². The van der Waals surface area contributed by atoms with Crippen LogP contribution in [0.2, 0.25) is 0 Å². The second-order valence-electron chi connectivity index (χ2n) is 13.1. The zero-order valence-corrected chi connectivity index (χ0v) is 27.3. The first-order chi connectivity index (χ1) is 24.8. The molecule has 1 aromatic heterocycles. The van der Waals surface area contributed by atoms with Crippen molar-refractivity contribution in [1.82, 2.24) is 20.0 Å². The molecule has 0 radical (unpaired) electrons. The summed E-state index contributed by atoms with van der Waals surface area (Å²) in [6, 6.07) is 17.2. The van der Waals surface area contributed by atoms with Crippen molar-refractivity contribution in [3.63, 3.8) is 0 Å². The molecule has 13 nitrogen and oxygen atoms in total. The molecule has 3 aromatic carbocycles. The first kappa shape index (κ1) is 31.9. The fourth-order valence-electron chi connectivity index (χ4n) is 7.26. The molecule has 1 atom stereocenters. The Morgan fingerprint density at radius 2 is 1.75 bits per heavy atom. The molecule has 4 aliphatic heterocycles. The molecule has 0 aliphatic carbocycles. The second-order valence-corrected chi connectivity index (χ2v) is 13.1. The molecule has 0 bridgehead atoms. The van der Waals surface area contributed by atoms with Gasteiger partial charge in [0.15, 0.2) is 0 Å². The highest BCUT2D eigenvalue weighted by atomic mass is 16.5. The Morgan fingerprint density at radius 1 is 0.980 bits per heavy atom. The van der Waals surface area contributed by atoms with Crippen molar-refractivity contribution in [1.29, 1.82) is 5.26 Å². The SMILES string of the molecule is N#Cc1ccc(NC(=O)C2(n3cc(C#CC4CN(c5ccc6c(c5)C(=O)N(C5CCC(=O)NC5=O)C6=O)C4)cn3)CCOCC2)c2ccccc12. The molecule has 4 aliphatic rings. The van der Waals surface area contributed by atoms with Crippen molar-refractivity contribution in [2.45, 2.75) is 37.3 Å². The molecule has 2 N–H and O–H groups in total. The predicted octanol–water partition coefficient (Wildman–Crippen LogP) is 2.94. The summed E-state index contributed by atoms with van der Waals surface area (Å²) in [5.74, 6) is 4.19. The summed E-state index contributed by atoms with van der Waals surface area (Å²) in [7, 11) is 0. The maximum absolute atomic E-state index is 14.0. The molecule has 8 rings (SSSR count). The van der Waals surface area contributed by atoms with E-state index in [1.807, 2.05) is 24.3 Å². The van der Waals surface area contributed by atoms with Gasteiger partial charge in [-0.1, -0.05) is 36.1 Å². The molecule has 51 heavy (non-hydrogen) atoms. The molecule has 5 amide bonds. The third kappa shape index (κ3) is 5.48. The number of piperidine rings is 1. The predicted molar refractivity (Wildman–Crippen MR) is 183 cm³/mol. The number of imide groups is 2. The van der Waals surface area contributed by atoms with E-state index in [-0.39, 0.29) is 35.8 Å². The van der Waals surface area contributed by atoms with Gasteiger partial charge >= 0.3 is 0 Å². The summed E-state index contributed by atoms with van der Waals surface area (Å²) in [5.41, 5.74) is 2.09. The van der Waals surface area contributed by atoms with E-state index in [1.165, 1.54) is 0 Å². The number of nitrogens with one attached hydrogen (secondary N) is 2. The number of anilines is 2. The van der Waals surface area contributed by atoms with E-state index in [1.54, 1.807) is 47.4 Å². The molecular weight excluding hydrogens is 650 g/mol. The van der Waals surface area contributed by atoms with Gasteiger partial charge < -0.3 is 15.0 Å². The van der Waals surface area contributed by atoms with Crippen LogP contribution in [0, 0.1) is 29.1 Å². The summed E-state index contributed by atoms with van der Waals surface area (Å²) in [6.07, 6.45) is 4.48. The zero-order chi connectivity index (χ0) is 35.3. The molecule has 1 unspecified atom stereocenters. The number of nitrogens with zero attached hydrogens (tertiary/aromatic N) is 5. The number of aromatic nitrogens is 2. The Labute approximate surface area is 292 Å². The topological polar surface area (TPSA) is 167 Å². The highest BCUT2D eigenvalue weighted by molar-refractivity contribution is 6.23. The Morgan fingerprint density at radius 3 is 2.51 bits per heavy atom. The molecule has 13 heteroatoms. The number of carbonyl (C=O) groups excluding carboxylic acids is 5. The van der Waals surface area contributed by atoms with Crippen molar-refractivity contribution in [2.75, 3.05) is 36.5 Å². The summed E-state index contributed by atoms with van der Waals surface area (Å²) < 4.78 is 7.31. The number of benzene rings is 3. The normalized spacial score (nSPS) is 19.9. The lowest BCUT2D eigenvalue weighted by atomic mass is 9.88. The molecule has 0 saturated carbocycles. The maximum Gasteiger partial charge on any atom is 0.262 e. The average molecular weight is 682 g/mol. The van der Waals surface area contributed by atoms with E-state index < -0.39 is 35.2 Å². The van der Waals surface area contributed by atoms with Gasteiger partial charge in [-0.2, -0.15) is 10.4 Å². The number of amides is 5. The van der Waals surface area contributed by atoms with Crippen LogP contribution in [0.25, 0.3) is 10.8 Å². The van der Waals surface area contributed by atoms with Crippen LogP contribution < -0.4 is 15.5 Å². The van der Waals surface area contributed by atoms with Gasteiger partial charge in [-0.3, -0.25) is 38.9 Å². The van der Waals surface area contributed by atoms with Crippen LogP contribution >= 0.6 is 0 Å². The molecule has 4 aromatic rings. The Kier molecular flexibility index (Phi) is 7.85. The summed E-state index contributed by atoms with van der Waals surface area (Å²) in [6.45, 7) is 2.03. The largest absolute Gasteiger partial charge is 0.381 e. The van der Waals surface area contributed by atoms with E-state index >= 15 is 0 Å². The van der Waals surface area contributed by atoms with Crippen molar-refractivity contribution in [2.24, 2.45) is 5.92 Å². The molecule has 0 spiro atoms. The van der Waals surface area contributed by atoms with Crippen molar-refractivity contribution >= 4 is 51.7 Å². The number of rotatable bonds is 5. The number of fused-ring (bicyclic) bond motifs is 2. The molecule has 5 heterocycles. The quantitative estimate of drug-likeness (QED) is 0.238. The highest BCUT2D eigenvalue weighted by Gasteiger charge is 2.45. The van der Waals surface area contributed by atoms with Crippen LogP contribution in [0.3, 0.4) is 0 Å². The third-order valence-corrected chi connectivity index (χ3v) is 10.1. The molecular formula is C38H31N7O6. The molecule has 254 valence electrons. The van der Waals surface area contributed by atoms with Gasteiger partial charge in [-0.15, -0.1) is 0 Å². The number of ether oxygens (including phenoxy) is 1. The summed E-state index contributed by atoms with van der Waals surface area (Å²) >= 11 is 0. The van der Waals surface area contributed by atoms with Gasteiger partial charge in [0.2, 0.25) is 11.8 Å². The minimum absolute atomic E-state index is 0.0453. The fraction of sp³-hybridized carbons (Fsp3) is 0.289. The van der Waals surface area contributed by atoms with E-state index in [2.05, 4.69) is 38.5 Å². The minimum atomic E-state index is -1.01. The van der Waals surface area contributed by atoms with Gasteiger partial charge in [-0.05, 0) is 36.8 Å². The monoisotopic (exact) mass is 681 g/mol. The maximum atomic E-state index is 14.0. The van der Waals surface area contributed by atoms with Gasteiger partial charge in [0.25, 0.3) is 17.7 Å². The Hall–Kier alpha value is -6.31. The number of hydrogen-bond acceptors (Lipinski definition) is 9. The van der Waals surface area contributed by atoms with Crippen LogP contribution in [-0.2, 0) is 24.7 Å². The van der Waals surface area contributed by atoms with Crippen LogP contribution in [0.4, 0.5) is 11.4 Å². The lowest BCUT2D eigenvalue weighted by molar-refractivity contribution is -0.136. The van der Waals surface area contributed by atoms with Crippen LogP contribution in [0.1, 0.15) is 57.5 Å². The van der Waals surface area contributed by atoms with E-state index in [0.717, 1.165) is 21.4 Å². The lowest BCUT2D eigenvalue weighted by Gasteiger charge is -2.38. The van der Waals surface area contributed by atoms with Gasteiger partial charge in [-0.25, -0.2) is 0 Å². The zero-order valence-electron chi connectivity index (χ0n) is 27.3. The standard InChI is InChI=1S/C38H31N7O6/c39-18-25-7-10-31(28-4-2-1-3-27(25)28)41-37(50)38(13-15-51-16-14-38)44-22-23(19-40-44)5-6-24-20-43(21-24)26-8-9-29-30(17-26)36(49)45(35(29)48)32-11-12-33(46)42-34(32)47/h1-4,7-10,17,19,22,24,32H,11-16,20-21H2,(H,41,50)(H,42,46,47). The van der Waals surface area contributed by atoms with Crippen LogP contribution in [-0.4, -0.2) is 76.6 Å². The van der Waals surface area contributed by atoms with E-state index in [4.69, 9.17) is 4.74 Å². The van der Waals surface area contributed by atoms with Gasteiger partial charge in [0, 0.05) is 73.9 Å². The van der Waals surface area contributed by atoms with Crippen LogP contribution in [0.15, 0.2) is 67.0 Å². The first-order valence-electron chi connectivity index (χ1n) is 16.7. The highest BCUT2D eigenvalue weighted by Crippen LogP contribution is 2.35. The molecule has 3 fully saturated rings. The second kappa shape index (κ2) is 12.5. The Balaban J connectivity index is 0.947. The first-order valence-corrected chi connectivity index (χ1v) is 16.7. The smallest absolute Gasteiger partial charge is 0.262 e. The summed E-state index contributed by atoms with van der Waals surface area (Å²) in [5, 5.41) is 21.0. The fourth-order valence-corrected chi connectivity index (χ4v) is 7.26. The summed E-state index contributed by atoms with van der Waals surface area (Å²) in [4.78, 5) is 67.3. The lowest BCUT2D eigenvalue weighted by Crippen LogP contribution is -2.54. The van der Waals surface area contributed by atoms with E-state index in [0.29, 0.717) is 56.0 Å². The van der Waals surface area contributed by atoms with Crippen molar-refractivity contribution in [3.05, 3.63) is 89.2 Å².